The quantitative estimate of drug-likeness (QED) is 0.650. The lowest BCUT2D eigenvalue weighted by Crippen LogP contribution is -2.57. The highest BCUT2D eigenvalue weighted by Crippen LogP contribution is 2.12. The van der Waals surface area contributed by atoms with Crippen LogP contribution in [0.4, 0.5) is 0 Å². The van der Waals surface area contributed by atoms with E-state index in [4.69, 9.17) is 0 Å². The zero-order valence-corrected chi connectivity index (χ0v) is 12.4. The summed E-state index contributed by atoms with van der Waals surface area (Å²) in [4.78, 5) is 0. The van der Waals surface area contributed by atoms with Crippen LogP contribution in [-0.4, -0.2) is 17.2 Å². The number of unbranched alkanes of at least 4 members (excludes halogenated alkanes) is 1. The molecule has 0 aliphatic heterocycles. The molecule has 0 saturated carbocycles. The maximum absolute atomic E-state index is 3.72. The molecule has 2 N–H and O–H groups in total. The van der Waals surface area contributed by atoms with E-state index in [1.54, 1.807) is 0 Å². The van der Waals surface area contributed by atoms with Crippen molar-refractivity contribution in [2.24, 2.45) is 0 Å². The highest BCUT2D eigenvalue weighted by molar-refractivity contribution is 4.83. The van der Waals surface area contributed by atoms with Crippen LogP contribution in [0.15, 0.2) is 0 Å². The molecule has 0 aromatic carbocycles. The molecule has 0 saturated heterocycles. The average molecular weight is 228 g/mol. The van der Waals surface area contributed by atoms with Crippen molar-refractivity contribution in [2.75, 3.05) is 0 Å². The second kappa shape index (κ2) is 6.61. The summed E-state index contributed by atoms with van der Waals surface area (Å²) in [7, 11) is 0. The molecule has 0 spiro atoms. The number of nitrogens with one attached hydrogen (secondary N) is 2. The van der Waals surface area contributed by atoms with E-state index in [0.717, 1.165) is 6.42 Å². The van der Waals surface area contributed by atoms with E-state index < -0.39 is 0 Å². The normalized spacial score (nSPS) is 15.2. The molecule has 0 radical (unpaired) electrons. The van der Waals surface area contributed by atoms with Gasteiger partial charge in [-0.05, 0) is 47.5 Å². The van der Waals surface area contributed by atoms with Gasteiger partial charge in [-0.1, -0.05) is 26.7 Å². The Balaban J connectivity index is 4.31. The third-order valence-corrected chi connectivity index (χ3v) is 2.90. The van der Waals surface area contributed by atoms with E-state index in [1.165, 1.54) is 19.3 Å². The predicted molar refractivity (Wildman–Crippen MR) is 73.7 cm³/mol. The second-order valence-electron chi connectivity index (χ2n) is 6.47. The van der Waals surface area contributed by atoms with Gasteiger partial charge in [0, 0.05) is 11.1 Å². The number of hydrogen-bond acceptors (Lipinski definition) is 2. The van der Waals surface area contributed by atoms with Crippen molar-refractivity contribution in [1.82, 2.24) is 10.6 Å². The molecule has 0 aliphatic rings. The van der Waals surface area contributed by atoms with Crippen molar-refractivity contribution in [3.8, 4) is 0 Å². The number of hydrogen-bond donors (Lipinski definition) is 2. The molecule has 0 amide bonds. The van der Waals surface area contributed by atoms with E-state index >= 15 is 0 Å². The monoisotopic (exact) mass is 228 g/mol. The van der Waals surface area contributed by atoms with Gasteiger partial charge in [-0.25, -0.2) is 0 Å². The summed E-state index contributed by atoms with van der Waals surface area (Å²) in [5, 5.41) is 7.39. The fourth-order valence-electron chi connectivity index (χ4n) is 1.69. The van der Waals surface area contributed by atoms with E-state index in [0.29, 0.717) is 6.17 Å². The van der Waals surface area contributed by atoms with Crippen LogP contribution < -0.4 is 10.6 Å². The summed E-state index contributed by atoms with van der Waals surface area (Å²) in [5.41, 5.74) is 0.395. The minimum atomic E-state index is 0.176. The first-order valence-corrected chi connectivity index (χ1v) is 6.75. The van der Waals surface area contributed by atoms with Gasteiger partial charge in [-0.15, -0.1) is 0 Å². The van der Waals surface area contributed by atoms with E-state index in [1.807, 2.05) is 0 Å². The summed E-state index contributed by atoms with van der Waals surface area (Å²) in [6, 6.07) is 0. The van der Waals surface area contributed by atoms with Crippen LogP contribution in [0.3, 0.4) is 0 Å². The van der Waals surface area contributed by atoms with Gasteiger partial charge >= 0.3 is 0 Å². The molecule has 0 bridgehead atoms. The van der Waals surface area contributed by atoms with Crippen LogP contribution in [-0.2, 0) is 0 Å². The maximum Gasteiger partial charge on any atom is 0.0579 e. The van der Waals surface area contributed by atoms with E-state index in [-0.39, 0.29) is 11.1 Å². The highest BCUT2D eigenvalue weighted by Gasteiger charge is 2.22. The van der Waals surface area contributed by atoms with Crippen molar-refractivity contribution in [3.05, 3.63) is 0 Å². The molecule has 2 heteroatoms. The molecule has 0 aromatic heterocycles. The third-order valence-electron chi connectivity index (χ3n) is 2.90. The van der Waals surface area contributed by atoms with E-state index in [2.05, 4.69) is 59.1 Å². The molecule has 1 unspecified atom stereocenters. The van der Waals surface area contributed by atoms with Gasteiger partial charge in [0.1, 0.15) is 0 Å². The third kappa shape index (κ3) is 8.12. The Morgan fingerprint density at radius 1 is 0.938 bits per heavy atom. The lowest BCUT2D eigenvalue weighted by Gasteiger charge is -2.36. The van der Waals surface area contributed by atoms with Crippen molar-refractivity contribution < 1.29 is 0 Å². The minimum absolute atomic E-state index is 0.176. The van der Waals surface area contributed by atoms with Crippen LogP contribution in [0.1, 0.15) is 74.1 Å². The Hall–Kier alpha value is -0.0800. The Morgan fingerprint density at radius 3 is 1.88 bits per heavy atom. The standard InChI is InChI=1S/C14H32N2/c1-8-10-11-12(15-13(3,4)5)16-14(6,7)9-2/h12,15-16H,8-11H2,1-7H3. The van der Waals surface area contributed by atoms with Gasteiger partial charge < -0.3 is 0 Å². The van der Waals surface area contributed by atoms with Gasteiger partial charge in [0.2, 0.25) is 0 Å². The molecule has 0 heterocycles. The fourth-order valence-corrected chi connectivity index (χ4v) is 1.69. The molecule has 0 aliphatic carbocycles. The molecule has 98 valence electrons. The Morgan fingerprint density at radius 2 is 1.50 bits per heavy atom. The molecule has 1 atom stereocenters. The molecule has 0 fully saturated rings. The topological polar surface area (TPSA) is 24.1 Å². The zero-order chi connectivity index (χ0) is 12.8. The predicted octanol–water partition coefficient (Wildman–Crippen LogP) is 3.67. The van der Waals surface area contributed by atoms with Gasteiger partial charge in [0.25, 0.3) is 0 Å². The second-order valence-corrected chi connectivity index (χ2v) is 6.47. The Labute approximate surface area is 103 Å². The number of rotatable bonds is 7. The summed E-state index contributed by atoms with van der Waals surface area (Å²) in [5.74, 6) is 0. The minimum Gasteiger partial charge on any atom is -0.297 e. The highest BCUT2D eigenvalue weighted by atomic mass is 15.2. The molecular formula is C14H32N2. The van der Waals surface area contributed by atoms with Crippen molar-refractivity contribution in [3.63, 3.8) is 0 Å². The zero-order valence-electron chi connectivity index (χ0n) is 12.4. The Kier molecular flexibility index (Phi) is 6.57. The summed E-state index contributed by atoms with van der Waals surface area (Å²) < 4.78 is 0. The lowest BCUT2D eigenvalue weighted by molar-refractivity contribution is 0.234. The fraction of sp³-hybridized carbons (Fsp3) is 1.00. The smallest absolute Gasteiger partial charge is 0.0579 e. The first-order chi connectivity index (χ1) is 7.20. The first-order valence-electron chi connectivity index (χ1n) is 6.75. The SMILES string of the molecule is CCCCC(NC(C)(C)C)NC(C)(C)CC. The van der Waals surface area contributed by atoms with Crippen LogP contribution in [0, 0.1) is 0 Å². The van der Waals surface area contributed by atoms with E-state index in [9.17, 15) is 0 Å². The molecule has 0 rings (SSSR count). The van der Waals surface area contributed by atoms with Gasteiger partial charge in [0.05, 0.1) is 6.17 Å². The van der Waals surface area contributed by atoms with Crippen LogP contribution >= 0.6 is 0 Å². The van der Waals surface area contributed by atoms with Crippen LogP contribution in [0.25, 0.3) is 0 Å². The molecule has 0 aromatic rings. The summed E-state index contributed by atoms with van der Waals surface area (Å²) in [6.45, 7) is 15.7. The first kappa shape index (κ1) is 15.9. The van der Waals surface area contributed by atoms with Gasteiger partial charge in [-0.2, -0.15) is 0 Å². The summed E-state index contributed by atoms with van der Waals surface area (Å²) >= 11 is 0. The average Bonchev–Trinajstić information content (AvgIpc) is 2.11. The molecular weight excluding hydrogens is 196 g/mol. The van der Waals surface area contributed by atoms with Crippen molar-refractivity contribution >= 4 is 0 Å². The van der Waals surface area contributed by atoms with Crippen molar-refractivity contribution in [1.29, 1.82) is 0 Å². The van der Waals surface area contributed by atoms with Crippen LogP contribution in [0.2, 0.25) is 0 Å². The lowest BCUT2D eigenvalue weighted by atomic mass is 9.99. The van der Waals surface area contributed by atoms with Gasteiger partial charge in [0.15, 0.2) is 0 Å². The Bertz CT molecular complexity index is 180. The maximum atomic E-state index is 3.72. The van der Waals surface area contributed by atoms with Crippen LogP contribution in [0.5, 0.6) is 0 Å². The molecule has 2 nitrogen and oxygen atoms in total. The molecule has 16 heavy (non-hydrogen) atoms. The largest absolute Gasteiger partial charge is 0.297 e. The van der Waals surface area contributed by atoms with Gasteiger partial charge in [-0.3, -0.25) is 10.6 Å². The van der Waals surface area contributed by atoms with Crippen molar-refractivity contribution in [2.45, 2.75) is 91.4 Å². The summed E-state index contributed by atoms with van der Waals surface area (Å²) in [6.07, 6.45) is 5.32.